The topological polar surface area (TPSA) is 87.6 Å². The molecule has 118 valence electrons. The van der Waals surface area contributed by atoms with Gasteiger partial charge >= 0.3 is 5.97 Å². The van der Waals surface area contributed by atoms with Crippen LogP contribution in [0.3, 0.4) is 0 Å². The lowest BCUT2D eigenvalue weighted by atomic mass is 10.2. The van der Waals surface area contributed by atoms with Gasteiger partial charge in [-0.15, -0.1) is 10.2 Å². The Morgan fingerprint density at radius 2 is 1.91 bits per heavy atom. The fraction of sp³-hybridized carbons (Fsp3) is 0.188. The molecule has 0 unspecified atom stereocenters. The van der Waals surface area contributed by atoms with Crippen LogP contribution in [0.1, 0.15) is 6.92 Å². The van der Waals surface area contributed by atoms with Gasteiger partial charge in [0.1, 0.15) is 5.75 Å². The lowest BCUT2D eigenvalue weighted by Crippen LogP contribution is -2.14. The first kappa shape index (κ1) is 14.8. The average Bonchev–Trinajstić information content (AvgIpc) is 3.25. The number of hydrogen-bond acceptors (Lipinski definition) is 7. The van der Waals surface area contributed by atoms with Gasteiger partial charge in [-0.2, -0.15) is 0 Å². The molecule has 23 heavy (non-hydrogen) atoms. The van der Waals surface area contributed by atoms with E-state index in [1.807, 2.05) is 0 Å². The minimum absolute atomic E-state index is 0.129. The number of rotatable bonds is 6. The largest absolute Gasteiger partial charge is 0.482 e. The Hall–Kier alpha value is -3.09. The SMILES string of the molecule is CCOC(=O)COc1ccc(-c2nnc(-c3ccco3)o2)cc1. The predicted molar refractivity (Wildman–Crippen MR) is 79.6 cm³/mol. The molecule has 0 aliphatic heterocycles. The molecule has 0 fully saturated rings. The molecule has 0 saturated heterocycles. The number of carbonyl (C=O) groups is 1. The Balaban J connectivity index is 1.66. The molecule has 7 nitrogen and oxygen atoms in total. The number of benzene rings is 1. The molecule has 0 N–H and O–H groups in total. The van der Waals surface area contributed by atoms with Crippen molar-refractivity contribution in [2.24, 2.45) is 0 Å². The highest BCUT2D eigenvalue weighted by atomic mass is 16.6. The zero-order chi connectivity index (χ0) is 16.1. The van der Waals surface area contributed by atoms with Gasteiger partial charge in [0.15, 0.2) is 12.4 Å². The number of nitrogens with zero attached hydrogens (tertiary/aromatic N) is 2. The van der Waals surface area contributed by atoms with E-state index in [1.165, 1.54) is 6.26 Å². The van der Waals surface area contributed by atoms with Gasteiger partial charge in [-0.3, -0.25) is 0 Å². The Bertz CT molecular complexity index is 762. The molecule has 0 aliphatic carbocycles. The Kier molecular flexibility index (Phi) is 4.37. The predicted octanol–water partition coefficient (Wildman–Crippen LogP) is 2.94. The molecule has 0 bridgehead atoms. The third-order valence-electron chi connectivity index (χ3n) is 2.92. The van der Waals surface area contributed by atoms with Crippen LogP contribution >= 0.6 is 0 Å². The first-order valence-electron chi connectivity index (χ1n) is 7.02. The number of carbonyl (C=O) groups excluding carboxylic acids is 1. The molecule has 2 heterocycles. The van der Waals surface area contributed by atoms with Crippen LogP contribution in [0.15, 0.2) is 51.5 Å². The number of furan rings is 1. The summed E-state index contributed by atoms with van der Waals surface area (Å²) in [4.78, 5) is 11.2. The van der Waals surface area contributed by atoms with Crippen molar-refractivity contribution in [2.45, 2.75) is 6.92 Å². The van der Waals surface area contributed by atoms with Gasteiger partial charge in [0.2, 0.25) is 5.89 Å². The summed E-state index contributed by atoms with van der Waals surface area (Å²) in [5.74, 6) is 1.34. The molecule has 0 radical (unpaired) electrons. The molecule has 0 spiro atoms. The molecule has 0 saturated carbocycles. The quantitative estimate of drug-likeness (QED) is 0.646. The second-order valence-corrected chi connectivity index (χ2v) is 4.51. The maximum Gasteiger partial charge on any atom is 0.344 e. The number of aromatic nitrogens is 2. The number of hydrogen-bond donors (Lipinski definition) is 0. The van der Waals surface area contributed by atoms with Crippen LogP contribution in [0.2, 0.25) is 0 Å². The molecular weight excluding hydrogens is 300 g/mol. The van der Waals surface area contributed by atoms with Crippen molar-refractivity contribution in [1.29, 1.82) is 0 Å². The summed E-state index contributed by atoms with van der Waals surface area (Å²) in [5.41, 5.74) is 0.735. The Morgan fingerprint density at radius 1 is 1.13 bits per heavy atom. The van der Waals surface area contributed by atoms with Gasteiger partial charge < -0.3 is 18.3 Å². The Morgan fingerprint density at radius 3 is 2.61 bits per heavy atom. The maximum atomic E-state index is 11.2. The van der Waals surface area contributed by atoms with E-state index in [0.29, 0.717) is 29.9 Å². The average molecular weight is 314 g/mol. The summed E-state index contributed by atoms with van der Waals surface area (Å²) in [5, 5.41) is 7.91. The van der Waals surface area contributed by atoms with Crippen LogP contribution in [0, 0.1) is 0 Å². The standard InChI is InChI=1S/C16H14N2O5/c1-2-20-14(19)10-22-12-7-5-11(6-8-12)15-17-18-16(23-15)13-4-3-9-21-13/h3-9H,2,10H2,1H3. The molecule has 3 rings (SSSR count). The molecule has 2 aromatic heterocycles. The van der Waals surface area contributed by atoms with Crippen molar-refractivity contribution < 1.29 is 23.1 Å². The maximum absolute atomic E-state index is 11.2. The van der Waals surface area contributed by atoms with Crippen molar-refractivity contribution in [2.75, 3.05) is 13.2 Å². The minimum atomic E-state index is -0.406. The van der Waals surface area contributed by atoms with E-state index in [4.69, 9.17) is 18.3 Å². The van der Waals surface area contributed by atoms with Gasteiger partial charge in [0.25, 0.3) is 5.89 Å². The van der Waals surface area contributed by atoms with E-state index in [1.54, 1.807) is 43.3 Å². The van der Waals surface area contributed by atoms with E-state index >= 15 is 0 Å². The summed E-state index contributed by atoms with van der Waals surface area (Å²) in [6.45, 7) is 1.95. The summed E-state index contributed by atoms with van der Waals surface area (Å²) < 4.78 is 20.9. The smallest absolute Gasteiger partial charge is 0.344 e. The van der Waals surface area contributed by atoms with E-state index in [-0.39, 0.29) is 6.61 Å². The normalized spacial score (nSPS) is 10.5. The van der Waals surface area contributed by atoms with Crippen LogP contribution in [-0.4, -0.2) is 29.4 Å². The van der Waals surface area contributed by atoms with Crippen molar-refractivity contribution in [3.8, 4) is 28.9 Å². The van der Waals surface area contributed by atoms with Gasteiger partial charge in [-0.1, -0.05) is 0 Å². The number of ether oxygens (including phenoxy) is 2. The first-order valence-corrected chi connectivity index (χ1v) is 7.02. The van der Waals surface area contributed by atoms with Crippen LogP contribution in [0.5, 0.6) is 5.75 Å². The number of esters is 1. The van der Waals surface area contributed by atoms with Crippen LogP contribution < -0.4 is 4.74 Å². The first-order chi connectivity index (χ1) is 11.3. The van der Waals surface area contributed by atoms with E-state index in [0.717, 1.165) is 5.56 Å². The van der Waals surface area contributed by atoms with Crippen LogP contribution in [0.25, 0.3) is 23.1 Å². The van der Waals surface area contributed by atoms with Crippen molar-refractivity contribution in [3.05, 3.63) is 42.7 Å². The lowest BCUT2D eigenvalue weighted by Gasteiger charge is -2.05. The minimum Gasteiger partial charge on any atom is -0.482 e. The molecule has 0 amide bonds. The second-order valence-electron chi connectivity index (χ2n) is 4.51. The molecule has 0 atom stereocenters. The molecular formula is C16H14N2O5. The van der Waals surface area contributed by atoms with Gasteiger partial charge in [-0.05, 0) is 43.3 Å². The van der Waals surface area contributed by atoms with E-state index < -0.39 is 5.97 Å². The fourth-order valence-corrected chi connectivity index (χ4v) is 1.88. The molecule has 1 aromatic carbocycles. The third-order valence-corrected chi connectivity index (χ3v) is 2.92. The summed E-state index contributed by atoms with van der Waals surface area (Å²) in [6.07, 6.45) is 1.54. The third kappa shape index (κ3) is 3.57. The van der Waals surface area contributed by atoms with Crippen LogP contribution in [0.4, 0.5) is 0 Å². The lowest BCUT2D eigenvalue weighted by molar-refractivity contribution is -0.145. The van der Waals surface area contributed by atoms with Crippen LogP contribution in [-0.2, 0) is 9.53 Å². The summed E-state index contributed by atoms with van der Waals surface area (Å²) in [6, 6.07) is 10.4. The highest BCUT2D eigenvalue weighted by Gasteiger charge is 2.12. The van der Waals surface area contributed by atoms with Crippen molar-refractivity contribution in [3.63, 3.8) is 0 Å². The monoisotopic (exact) mass is 314 g/mol. The highest BCUT2D eigenvalue weighted by Crippen LogP contribution is 2.25. The van der Waals surface area contributed by atoms with E-state index in [2.05, 4.69) is 10.2 Å². The summed E-state index contributed by atoms with van der Waals surface area (Å²) in [7, 11) is 0. The van der Waals surface area contributed by atoms with Gasteiger partial charge in [-0.25, -0.2) is 4.79 Å². The Labute approximate surface area is 131 Å². The van der Waals surface area contributed by atoms with Gasteiger partial charge in [0.05, 0.1) is 12.9 Å². The molecule has 0 aliphatic rings. The zero-order valence-electron chi connectivity index (χ0n) is 12.4. The molecule has 3 aromatic rings. The van der Waals surface area contributed by atoms with Crippen molar-refractivity contribution >= 4 is 5.97 Å². The van der Waals surface area contributed by atoms with E-state index in [9.17, 15) is 4.79 Å². The highest BCUT2D eigenvalue weighted by molar-refractivity contribution is 5.71. The zero-order valence-corrected chi connectivity index (χ0v) is 12.4. The summed E-state index contributed by atoms with van der Waals surface area (Å²) >= 11 is 0. The molecule has 7 heteroatoms. The van der Waals surface area contributed by atoms with Gasteiger partial charge in [0, 0.05) is 5.56 Å². The fourth-order valence-electron chi connectivity index (χ4n) is 1.88. The van der Waals surface area contributed by atoms with Crippen molar-refractivity contribution in [1.82, 2.24) is 10.2 Å². The second kappa shape index (κ2) is 6.78.